The molecule has 3 saturated heterocycles. The third-order valence-corrected chi connectivity index (χ3v) is 9.22. The van der Waals surface area contributed by atoms with E-state index in [9.17, 15) is 18.0 Å². The van der Waals surface area contributed by atoms with Gasteiger partial charge in [0.2, 0.25) is 0 Å². The number of sulfone groups is 1. The zero-order valence-corrected chi connectivity index (χ0v) is 21.2. The Morgan fingerprint density at radius 2 is 1.94 bits per heavy atom. The molecular weight excluding hydrogens is 496 g/mol. The molecule has 0 saturated carbocycles. The first-order valence-corrected chi connectivity index (χ1v) is 14.1. The van der Waals surface area contributed by atoms with Gasteiger partial charge in [0.1, 0.15) is 15.8 Å². The van der Waals surface area contributed by atoms with Crippen molar-refractivity contribution in [2.45, 2.75) is 38.5 Å². The second-order valence-corrected chi connectivity index (χ2v) is 12.8. The maximum absolute atomic E-state index is 13.5. The van der Waals surface area contributed by atoms with Crippen LogP contribution < -0.4 is 10.5 Å². The Morgan fingerprint density at radius 3 is 2.62 bits per heavy atom. The summed E-state index contributed by atoms with van der Waals surface area (Å²) in [6, 6.07) is 4.86. The van der Waals surface area contributed by atoms with Crippen molar-refractivity contribution in [1.82, 2.24) is 14.3 Å². The molecule has 2 aromatic heterocycles. The van der Waals surface area contributed by atoms with E-state index in [2.05, 4.69) is 0 Å². The van der Waals surface area contributed by atoms with E-state index in [0.717, 1.165) is 11.8 Å². The second kappa shape index (κ2) is 8.74. The Balaban J connectivity index is 1.59. The maximum atomic E-state index is 13.5. The number of rotatable bonds is 3. The molecule has 2 aromatic rings. The van der Waals surface area contributed by atoms with Crippen LogP contribution >= 0.6 is 24.0 Å². The molecule has 3 fully saturated rings. The molecule has 3 atom stereocenters. The lowest BCUT2D eigenvalue weighted by Gasteiger charge is -2.36. The van der Waals surface area contributed by atoms with Crippen molar-refractivity contribution in [3.8, 4) is 0 Å². The zero-order valence-electron chi connectivity index (χ0n) is 18.7. The summed E-state index contributed by atoms with van der Waals surface area (Å²) in [4.78, 5) is 35.3. The molecular formula is C22H24N4O5S3. The summed E-state index contributed by atoms with van der Waals surface area (Å²) in [6.07, 6.45) is 3.46. The monoisotopic (exact) mass is 520 g/mol. The Morgan fingerprint density at radius 1 is 1.21 bits per heavy atom. The molecule has 0 N–H and O–H groups in total. The highest BCUT2D eigenvalue weighted by Crippen LogP contribution is 2.37. The Kier molecular flexibility index (Phi) is 6.03. The van der Waals surface area contributed by atoms with Crippen LogP contribution in [-0.4, -0.2) is 75.8 Å². The van der Waals surface area contributed by atoms with E-state index < -0.39 is 15.9 Å². The first-order valence-electron chi connectivity index (χ1n) is 11.0. The van der Waals surface area contributed by atoms with Crippen LogP contribution in [0, 0.1) is 0 Å². The standard InChI is InChI=1S/C22H24N4O5S3/c1-13-10-24(11-14(2)31-13)19-16(20(27)25-7-4-3-5-18(25)23-19)9-17-21(28)26(22(32)33-17)15-6-8-34(29,30)12-15/h3-5,7,9,13-15H,6,8,10-12H2,1-2H3/b17-9+. The van der Waals surface area contributed by atoms with Gasteiger partial charge in [0.05, 0.1) is 40.2 Å². The lowest BCUT2D eigenvalue weighted by Crippen LogP contribution is -2.46. The number of carbonyl (C=O) groups excluding carboxylic acids is 1. The maximum Gasteiger partial charge on any atom is 0.267 e. The van der Waals surface area contributed by atoms with Gasteiger partial charge in [-0.15, -0.1) is 0 Å². The van der Waals surface area contributed by atoms with Crippen LogP contribution in [0.25, 0.3) is 11.7 Å². The second-order valence-electron chi connectivity index (χ2n) is 8.85. The Hall–Kier alpha value is -2.28. The fourth-order valence-electron chi connectivity index (χ4n) is 4.71. The topological polar surface area (TPSA) is 101 Å². The third-order valence-electron chi connectivity index (χ3n) is 6.14. The van der Waals surface area contributed by atoms with Crippen LogP contribution in [-0.2, 0) is 19.4 Å². The number of fused-ring (bicyclic) bond motifs is 1. The van der Waals surface area contributed by atoms with Gasteiger partial charge in [-0.05, 0) is 38.5 Å². The first-order chi connectivity index (χ1) is 16.1. The van der Waals surface area contributed by atoms with Crippen molar-refractivity contribution in [2.75, 3.05) is 29.5 Å². The fourth-order valence-corrected chi connectivity index (χ4v) is 7.80. The minimum Gasteiger partial charge on any atom is -0.372 e. The van der Waals surface area contributed by atoms with Crippen LogP contribution in [0.3, 0.4) is 0 Å². The van der Waals surface area contributed by atoms with Crippen LogP contribution in [0.15, 0.2) is 34.1 Å². The van der Waals surface area contributed by atoms with Crippen molar-refractivity contribution >= 4 is 61.6 Å². The molecule has 0 bridgehead atoms. The van der Waals surface area contributed by atoms with E-state index in [1.807, 2.05) is 24.8 Å². The van der Waals surface area contributed by atoms with E-state index in [1.165, 1.54) is 9.30 Å². The molecule has 0 aliphatic carbocycles. The van der Waals surface area contributed by atoms with E-state index in [-0.39, 0.29) is 35.2 Å². The minimum absolute atomic E-state index is 0.0429. The van der Waals surface area contributed by atoms with Crippen molar-refractivity contribution in [3.05, 3.63) is 45.2 Å². The summed E-state index contributed by atoms with van der Waals surface area (Å²) in [6.45, 7) is 5.05. The number of aromatic nitrogens is 2. The number of pyridine rings is 1. The predicted octanol–water partition coefficient (Wildman–Crippen LogP) is 1.70. The SMILES string of the molecule is CC1CN(c2nc3ccccn3c(=O)c2/C=C2/SC(=S)N(C3CCS(=O)(=O)C3)C2=O)CC(C)O1. The normalized spacial score (nSPS) is 28.4. The van der Waals surface area contributed by atoms with Crippen molar-refractivity contribution < 1.29 is 17.9 Å². The van der Waals surface area contributed by atoms with Gasteiger partial charge in [0.15, 0.2) is 9.84 Å². The highest BCUT2D eigenvalue weighted by atomic mass is 32.2. The van der Waals surface area contributed by atoms with Crippen LogP contribution in [0.2, 0.25) is 0 Å². The number of anilines is 1. The number of carbonyl (C=O) groups is 1. The van der Waals surface area contributed by atoms with E-state index >= 15 is 0 Å². The molecule has 3 unspecified atom stereocenters. The van der Waals surface area contributed by atoms with Gasteiger partial charge in [-0.3, -0.25) is 18.9 Å². The molecule has 3 aliphatic rings. The largest absolute Gasteiger partial charge is 0.372 e. The molecule has 3 aliphatic heterocycles. The average Bonchev–Trinajstić information content (AvgIpc) is 3.26. The van der Waals surface area contributed by atoms with Gasteiger partial charge >= 0.3 is 0 Å². The van der Waals surface area contributed by atoms with Crippen LogP contribution in [0.5, 0.6) is 0 Å². The molecule has 12 heteroatoms. The van der Waals surface area contributed by atoms with Gasteiger partial charge in [0, 0.05) is 19.3 Å². The molecule has 0 radical (unpaired) electrons. The Bertz CT molecular complexity index is 1380. The number of hydrogen-bond donors (Lipinski definition) is 0. The van der Waals surface area contributed by atoms with Gasteiger partial charge < -0.3 is 9.64 Å². The molecule has 0 spiro atoms. The molecule has 1 amide bonds. The molecule has 5 heterocycles. The van der Waals surface area contributed by atoms with Crippen molar-refractivity contribution in [2.24, 2.45) is 0 Å². The number of thioether (sulfide) groups is 1. The van der Waals surface area contributed by atoms with E-state index in [4.69, 9.17) is 21.9 Å². The first kappa shape index (κ1) is 23.5. The molecule has 34 heavy (non-hydrogen) atoms. The van der Waals surface area contributed by atoms with Crippen molar-refractivity contribution in [3.63, 3.8) is 0 Å². The highest BCUT2D eigenvalue weighted by molar-refractivity contribution is 8.26. The number of ether oxygens (including phenoxy) is 1. The van der Waals surface area contributed by atoms with Gasteiger partial charge in [0.25, 0.3) is 11.5 Å². The molecule has 180 valence electrons. The van der Waals surface area contributed by atoms with E-state index in [0.29, 0.717) is 45.8 Å². The molecule has 9 nitrogen and oxygen atoms in total. The fraction of sp³-hybridized carbons (Fsp3) is 0.455. The third kappa shape index (κ3) is 4.28. The van der Waals surface area contributed by atoms with Gasteiger partial charge in [-0.2, -0.15) is 0 Å². The number of morpholine rings is 1. The van der Waals surface area contributed by atoms with Crippen LogP contribution in [0.1, 0.15) is 25.8 Å². The predicted molar refractivity (Wildman–Crippen MR) is 136 cm³/mol. The summed E-state index contributed by atoms with van der Waals surface area (Å²) in [5, 5.41) is 0. The van der Waals surface area contributed by atoms with Crippen molar-refractivity contribution in [1.29, 1.82) is 0 Å². The summed E-state index contributed by atoms with van der Waals surface area (Å²) in [7, 11) is -3.18. The summed E-state index contributed by atoms with van der Waals surface area (Å²) >= 11 is 6.52. The molecule has 0 aromatic carbocycles. The summed E-state index contributed by atoms with van der Waals surface area (Å²) in [5.41, 5.74) is 0.515. The number of nitrogens with zero attached hydrogens (tertiary/aromatic N) is 4. The highest BCUT2D eigenvalue weighted by Gasteiger charge is 2.42. The molecule has 5 rings (SSSR count). The van der Waals surface area contributed by atoms with E-state index in [1.54, 1.807) is 24.4 Å². The van der Waals surface area contributed by atoms with Gasteiger partial charge in [-0.1, -0.05) is 30.0 Å². The average molecular weight is 521 g/mol. The number of hydrogen-bond acceptors (Lipinski definition) is 9. The quantitative estimate of drug-likeness (QED) is 0.442. The lowest BCUT2D eigenvalue weighted by atomic mass is 10.1. The van der Waals surface area contributed by atoms with Gasteiger partial charge in [-0.25, -0.2) is 13.4 Å². The Labute approximate surface area is 206 Å². The summed E-state index contributed by atoms with van der Waals surface area (Å²) in [5.74, 6) is 0.0689. The number of thiocarbonyl (C=S) groups is 1. The minimum atomic E-state index is -3.18. The van der Waals surface area contributed by atoms with Crippen LogP contribution in [0.4, 0.5) is 5.82 Å². The number of amides is 1. The summed E-state index contributed by atoms with van der Waals surface area (Å²) < 4.78 is 31.5. The lowest BCUT2D eigenvalue weighted by molar-refractivity contribution is -0.123. The smallest absolute Gasteiger partial charge is 0.267 e. The zero-order chi connectivity index (χ0) is 24.2.